The molecule has 0 radical (unpaired) electrons. The number of carbonyl (C=O) groups excluding carboxylic acids is 2. The van der Waals surface area contributed by atoms with Gasteiger partial charge in [-0.1, -0.05) is 32.0 Å². The van der Waals surface area contributed by atoms with Gasteiger partial charge in [0.05, 0.1) is 5.56 Å². The van der Waals surface area contributed by atoms with Crippen LogP contribution < -0.4 is 5.32 Å². The Morgan fingerprint density at radius 2 is 1.83 bits per heavy atom. The molecule has 0 spiro atoms. The number of esters is 1. The van der Waals surface area contributed by atoms with E-state index in [9.17, 15) is 14.0 Å². The molecule has 0 aliphatic heterocycles. The van der Waals surface area contributed by atoms with Crippen molar-refractivity contribution >= 4 is 17.6 Å². The van der Waals surface area contributed by atoms with Gasteiger partial charge in [0.1, 0.15) is 5.82 Å². The van der Waals surface area contributed by atoms with Gasteiger partial charge in [-0.25, -0.2) is 9.18 Å². The van der Waals surface area contributed by atoms with Gasteiger partial charge < -0.3 is 10.1 Å². The SMILES string of the molecule is CC(C)c1ccc(C(=O)OCC(=O)Nc2cccc(F)c2)cc1. The predicted octanol–water partition coefficient (Wildman–Crippen LogP) is 3.74. The van der Waals surface area contributed by atoms with Gasteiger partial charge in [-0.3, -0.25) is 4.79 Å². The maximum absolute atomic E-state index is 13.0. The van der Waals surface area contributed by atoms with Gasteiger partial charge in [0.25, 0.3) is 5.91 Å². The smallest absolute Gasteiger partial charge is 0.338 e. The predicted molar refractivity (Wildman–Crippen MR) is 85.8 cm³/mol. The van der Waals surface area contributed by atoms with E-state index in [1.165, 1.54) is 18.2 Å². The molecule has 2 aromatic rings. The molecule has 0 atom stereocenters. The molecule has 0 fully saturated rings. The Balaban J connectivity index is 1.87. The molecule has 0 unspecified atom stereocenters. The lowest BCUT2D eigenvalue weighted by molar-refractivity contribution is -0.119. The summed E-state index contributed by atoms with van der Waals surface area (Å²) in [5, 5.41) is 2.46. The van der Waals surface area contributed by atoms with Crippen LogP contribution in [-0.2, 0) is 9.53 Å². The zero-order valence-electron chi connectivity index (χ0n) is 13.0. The van der Waals surface area contributed by atoms with Gasteiger partial charge in [-0.2, -0.15) is 0 Å². The van der Waals surface area contributed by atoms with Gasteiger partial charge in [-0.05, 0) is 41.8 Å². The van der Waals surface area contributed by atoms with Gasteiger partial charge in [0.15, 0.2) is 6.61 Å². The molecule has 0 bridgehead atoms. The minimum absolute atomic E-state index is 0.312. The third kappa shape index (κ3) is 4.92. The highest BCUT2D eigenvalue weighted by Crippen LogP contribution is 2.15. The van der Waals surface area contributed by atoms with Crippen LogP contribution in [0.15, 0.2) is 48.5 Å². The Morgan fingerprint density at radius 1 is 1.13 bits per heavy atom. The third-order valence-corrected chi connectivity index (χ3v) is 3.26. The van der Waals surface area contributed by atoms with E-state index < -0.39 is 24.3 Å². The number of benzene rings is 2. The minimum Gasteiger partial charge on any atom is -0.452 e. The second-order valence-corrected chi connectivity index (χ2v) is 5.41. The van der Waals surface area contributed by atoms with E-state index in [0.717, 1.165) is 5.56 Å². The number of anilines is 1. The lowest BCUT2D eigenvalue weighted by Gasteiger charge is -2.08. The molecule has 0 saturated heterocycles. The number of hydrogen-bond donors (Lipinski definition) is 1. The number of nitrogens with one attached hydrogen (secondary N) is 1. The minimum atomic E-state index is -0.574. The normalized spacial score (nSPS) is 10.4. The summed E-state index contributed by atoms with van der Waals surface area (Å²) in [5.74, 6) is -1.18. The zero-order valence-corrected chi connectivity index (χ0v) is 13.0. The maximum Gasteiger partial charge on any atom is 0.338 e. The molecule has 1 N–H and O–H groups in total. The Bertz CT molecular complexity index is 696. The Hall–Kier alpha value is -2.69. The van der Waals surface area contributed by atoms with Crippen LogP contribution in [0, 0.1) is 5.82 Å². The van der Waals surface area contributed by atoms with Crippen LogP contribution in [0.4, 0.5) is 10.1 Å². The van der Waals surface area contributed by atoms with E-state index in [1.54, 1.807) is 18.2 Å². The van der Waals surface area contributed by atoms with Crippen LogP contribution in [0.3, 0.4) is 0 Å². The van der Waals surface area contributed by atoms with Crippen molar-refractivity contribution < 1.29 is 18.7 Å². The highest BCUT2D eigenvalue weighted by molar-refractivity contribution is 5.95. The molecule has 5 heteroatoms. The fraction of sp³-hybridized carbons (Fsp3) is 0.222. The Labute approximate surface area is 134 Å². The summed E-state index contributed by atoms with van der Waals surface area (Å²) in [6, 6.07) is 12.5. The van der Waals surface area contributed by atoms with Crippen molar-refractivity contribution in [2.75, 3.05) is 11.9 Å². The van der Waals surface area contributed by atoms with E-state index in [-0.39, 0.29) is 0 Å². The molecule has 0 saturated carbocycles. The molecule has 2 rings (SSSR count). The van der Waals surface area contributed by atoms with Gasteiger partial charge in [-0.15, -0.1) is 0 Å². The first-order chi connectivity index (χ1) is 11.0. The fourth-order valence-corrected chi connectivity index (χ4v) is 1.98. The molecule has 23 heavy (non-hydrogen) atoms. The molecule has 0 aliphatic rings. The standard InChI is InChI=1S/C18H18FNO3/c1-12(2)13-6-8-14(9-7-13)18(22)23-11-17(21)20-16-5-3-4-15(19)10-16/h3-10,12H,11H2,1-2H3,(H,20,21). The summed E-state index contributed by atoms with van der Waals surface area (Å²) in [5.41, 5.74) is 1.81. The monoisotopic (exact) mass is 315 g/mol. The summed E-state index contributed by atoms with van der Waals surface area (Å²) >= 11 is 0. The van der Waals surface area contributed by atoms with Crippen molar-refractivity contribution in [3.05, 3.63) is 65.5 Å². The molecule has 0 heterocycles. The summed E-state index contributed by atoms with van der Waals surface area (Å²) in [6.45, 7) is 3.69. The number of ether oxygens (including phenoxy) is 1. The van der Waals surface area contributed by atoms with Crippen LogP contribution >= 0.6 is 0 Å². The maximum atomic E-state index is 13.0. The fourth-order valence-electron chi connectivity index (χ4n) is 1.98. The first-order valence-corrected chi connectivity index (χ1v) is 7.28. The van der Waals surface area contributed by atoms with E-state index in [4.69, 9.17) is 4.74 Å². The number of amides is 1. The molecular formula is C18H18FNO3. The topological polar surface area (TPSA) is 55.4 Å². The van der Waals surface area contributed by atoms with Crippen LogP contribution in [0.5, 0.6) is 0 Å². The van der Waals surface area contributed by atoms with Crippen LogP contribution in [0.25, 0.3) is 0 Å². The second kappa shape index (κ2) is 7.54. The average Bonchev–Trinajstić information content (AvgIpc) is 2.52. The first kappa shape index (κ1) is 16.7. The molecule has 2 aromatic carbocycles. The lowest BCUT2D eigenvalue weighted by atomic mass is 10.0. The quantitative estimate of drug-likeness (QED) is 0.855. The first-order valence-electron chi connectivity index (χ1n) is 7.28. The van der Waals surface area contributed by atoms with E-state index in [0.29, 0.717) is 17.2 Å². The number of carbonyl (C=O) groups is 2. The van der Waals surface area contributed by atoms with Gasteiger partial charge in [0.2, 0.25) is 0 Å². The van der Waals surface area contributed by atoms with Crippen molar-refractivity contribution in [2.24, 2.45) is 0 Å². The highest BCUT2D eigenvalue weighted by Gasteiger charge is 2.11. The molecule has 120 valence electrons. The largest absolute Gasteiger partial charge is 0.452 e. The van der Waals surface area contributed by atoms with Crippen LogP contribution in [0.1, 0.15) is 35.7 Å². The summed E-state index contributed by atoms with van der Waals surface area (Å²) in [7, 11) is 0. The van der Waals surface area contributed by atoms with Crippen molar-refractivity contribution in [3.8, 4) is 0 Å². The number of rotatable bonds is 5. The molecule has 0 aromatic heterocycles. The van der Waals surface area contributed by atoms with Gasteiger partial charge >= 0.3 is 5.97 Å². The highest BCUT2D eigenvalue weighted by atomic mass is 19.1. The summed E-state index contributed by atoms with van der Waals surface area (Å²) in [6.07, 6.45) is 0. The van der Waals surface area contributed by atoms with Crippen molar-refractivity contribution in [3.63, 3.8) is 0 Å². The summed E-state index contributed by atoms with van der Waals surface area (Å²) in [4.78, 5) is 23.6. The summed E-state index contributed by atoms with van der Waals surface area (Å²) < 4.78 is 18.0. The second-order valence-electron chi connectivity index (χ2n) is 5.41. The molecule has 0 aliphatic carbocycles. The van der Waals surface area contributed by atoms with Crippen molar-refractivity contribution in [1.82, 2.24) is 0 Å². The van der Waals surface area contributed by atoms with E-state index >= 15 is 0 Å². The van der Waals surface area contributed by atoms with Crippen molar-refractivity contribution in [1.29, 1.82) is 0 Å². The van der Waals surface area contributed by atoms with E-state index in [2.05, 4.69) is 19.2 Å². The Morgan fingerprint density at radius 3 is 2.43 bits per heavy atom. The van der Waals surface area contributed by atoms with Crippen LogP contribution in [-0.4, -0.2) is 18.5 Å². The van der Waals surface area contributed by atoms with Crippen LogP contribution in [0.2, 0.25) is 0 Å². The van der Waals surface area contributed by atoms with E-state index in [1.807, 2.05) is 12.1 Å². The third-order valence-electron chi connectivity index (χ3n) is 3.26. The molecule has 1 amide bonds. The molecular weight excluding hydrogens is 297 g/mol. The number of halogens is 1. The van der Waals surface area contributed by atoms with Gasteiger partial charge in [0, 0.05) is 5.69 Å². The zero-order chi connectivity index (χ0) is 16.8. The molecule has 4 nitrogen and oxygen atoms in total. The average molecular weight is 315 g/mol. The lowest BCUT2D eigenvalue weighted by Crippen LogP contribution is -2.21. The van der Waals surface area contributed by atoms with Crippen molar-refractivity contribution in [2.45, 2.75) is 19.8 Å². The Kier molecular flexibility index (Phi) is 5.46. The number of hydrogen-bond acceptors (Lipinski definition) is 3.